The summed E-state index contributed by atoms with van der Waals surface area (Å²) in [6, 6.07) is -0.470. The van der Waals surface area contributed by atoms with Gasteiger partial charge in [0.05, 0.1) is 18.2 Å². The Morgan fingerprint density at radius 2 is 1.65 bits per heavy atom. The second kappa shape index (κ2) is 6.35. The summed E-state index contributed by atoms with van der Waals surface area (Å²) >= 11 is 0. The van der Waals surface area contributed by atoms with Crippen LogP contribution in [0.4, 0.5) is 8.78 Å². The number of halogens is 2. The quantitative estimate of drug-likeness (QED) is 0.677. The lowest BCUT2D eigenvalue weighted by atomic mass is 9.86. The lowest BCUT2D eigenvalue weighted by molar-refractivity contribution is -0.131. The largest absolute Gasteiger partial charge is 0.390 e. The van der Waals surface area contributed by atoms with Gasteiger partial charge >= 0.3 is 0 Å². The predicted molar refractivity (Wildman–Crippen MR) is 69.3 cm³/mol. The van der Waals surface area contributed by atoms with Crippen molar-refractivity contribution in [1.29, 1.82) is 0 Å². The number of rotatable bonds is 2. The number of hydrogen-bond acceptors (Lipinski definition) is 3. The Labute approximate surface area is 117 Å². The minimum absolute atomic E-state index is 0.185. The molecule has 0 spiro atoms. The zero-order chi connectivity index (χ0) is 14.8. The molecule has 0 bridgehead atoms. The summed E-state index contributed by atoms with van der Waals surface area (Å²) < 4.78 is 26.1. The van der Waals surface area contributed by atoms with Gasteiger partial charge in [0, 0.05) is 18.8 Å². The zero-order valence-corrected chi connectivity index (χ0v) is 11.5. The summed E-state index contributed by atoms with van der Waals surface area (Å²) in [6.45, 7) is 0. The van der Waals surface area contributed by atoms with Crippen LogP contribution in [0, 0.1) is 5.92 Å². The standard InChI is InChI=1S/C14H23F2NO3/c15-14(16)7-5-9(6-8-14)13(20)17-10-3-1-2-4-11(18)12(10)19/h9-12,18-19H,1-8H2,(H,17,20)/t10-,11-,12-/m1/s1. The molecule has 2 aliphatic carbocycles. The highest BCUT2D eigenvalue weighted by atomic mass is 19.3. The van der Waals surface area contributed by atoms with Crippen LogP contribution in [0.25, 0.3) is 0 Å². The van der Waals surface area contributed by atoms with Crippen molar-refractivity contribution in [2.45, 2.75) is 75.5 Å². The molecule has 0 heterocycles. The summed E-state index contributed by atoms with van der Waals surface area (Å²) in [4.78, 5) is 12.1. The van der Waals surface area contributed by atoms with Gasteiger partial charge in [0.25, 0.3) is 0 Å². The van der Waals surface area contributed by atoms with Crippen LogP contribution in [-0.4, -0.2) is 40.3 Å². The van der Waals surface area contributed by atoms with Crippen LogP contribution in [0.15, 0.2) is 0 Å². The maximum Gasteiger partial charge on any atom is 0.248 e. The number of amides is 1. The number of hydrogen-bond donors (Lipinski definition) is 3. The van der Waals surface area contributed by atoms with Crippen molar-refractivity contribution in [1.82, 2.24) is 5.32 Å². The molecule has 3 atom stereocenters. The Morgan fingerprint density at radius 1 is 1.05 bits per heavy atom. The first-order chi connectivity index (χ1) is 9.39. The van der Waals surface area contributed by atoms with Gasteiger partial charge in [-0.3, -0.25) is 4.79 Å². The van der Waals surface area contributed by atoms with E-state index in [9.17, 15) is 23.8 Å². The number of aliphatic hydroxyl groups is 2. The van der Waals surface area contributed by atoms with E-state index in [0.29, 0.717) is 12.8 Å². The number of carbonyl (C=O) groups excluding carboxylic acids is 1. The van der Waals surface area contributed by atoms with Gasteiger partial charge in [-0.05, 0) is 25.7 Å². The van der Waals surface area contributed by atoms with Crippen molar-refractivity contribution in [3.8, 4) is 0 Å². The first kappa shape index (κ1) is 15.6. The smallest absolute Gasteiger partial charge is 0.248 e. The molecule has 2 aliphatic rings. The van der Waals surface area contributed by atoms with Crippen LogP contribution in [0.5, 0.6) is 0 Å². The molecule has 3 N–H and O–H groups in total. The van der Waals surface area contributed by atoms with Gasteiger partial charge in [-0.15, -0.1) is 0 Å². The fourth-order valence-electron chi connectivity index (χ4n) is 3.09. The number of nitrogens with one attached hydrogen (secondary N) is 1. The molecule has 2 rings (SSSR count). The zero-order valence-electron chi connectivity index (χ0n) is 11.5. The molecule has 0 aromatic carbocycles. The molecule has 0 unspecified atom stereocenters. The van der Waals surface area contributed by atoms with Crippen LogP contribution in [-0.2, 0) is 4.79 Å². The molecule has 116 valence electrons. The summed E-state index contributed by atoms with van der Waals surface area (Å²) in [7, 11) is 0. The Bertz CT molecular complexity index is 341. The van der Waals surface area contributed by atoms with Crippen LogP contribution in [0.3, 0.4) is 0 Å². The highest BCUT2D eigenvalue weighted by Gasteiger charge is 2.38. The molecule has 0 aliphatic heterocycles. The van der Waals surface area contributed by atoms with Crippen LogP contribution < -0.4 is 5.32 Å². The molecule has 0 aromatic rings. The van der Waals surface area contributed by atoms with Gasteiger partial charge < -0.3 is 15.5 Å². The summed E-state index contributed by atoms with van der Waals surface area (Å²) in [6.07, 6.45) is 0.888. The first-order valence-electron chi connectivity index (χ1n) is 7.43. The highest BCUT2D eigenvalue weighted by molar-refractivity contribution is 5.79. The van der Waals surface area contributed by atoms with Crippen molar-refractivity contribution < 1.29 is 23.8 Å². The summed E-state index contributed by atoms with van der Waals surface area (Å²) in [5, 5.41) is 22.4. The van der Waals surface area contributed by atoms with E-state index in [4.69, 9.17) is 0 Å². The average molecular weight is 291 g/mol. The number of carbonyl (C=O) groups is 1. The first-order valence-corrected chi connectivity index (χ1v) is 7.43. The second-order valence-corrected chi connectivity index (χ2v) is 6.09. The lowest BCUT2D eigenvalue weighted by Gasteiger charge is -2.30. The third-order valence-electron chi connectivity index (χ3n) is 4.49. The fraction of sp³-hybridized carbons (Fsp3) is 0.929. The van der Waals surface area contributed by atoms with Crippen LogP contribution in [0.1, 0.15) is 51.4 Å². The fourth-order valence-corrected chi connectivity index (χ4v) is 3.09. The van der Waals surface area contributed by atoms with Gasteiger partial charge in [-0.2, -0.15) is 0 Å². The van der Waals surface area contributed by atoms with Crippen molar-refractivity contribution in [3.05, 3.63) is 0 Å². The van der Waals surface area contributed by atoms with Crippen molar-refractivity contribution >= 4 is 5.91 Å². The normalized spacial score (nSPS) is 35.3. The van der Waals surface area contributed by atoms with Crippen molar-refractivity contribution in [2.75, 3.05) is 0 Å². The Balaban J connectivity index is 1.87. The van der Waals surface area contributed by atoms with E-state index in [2.05, 4.69) is 5.32 Å². The van der Waals surface area contributed by atoms with Gasteiger partial charge in [-0.25, -0.2) is 8.78 Å². The van der Waals surface area contributed by atoms with Gasteiger partial charge in [0.1, 0.15) is 0 Å². The molecule has 0 radical (unpaired) electrons. The lowest BCUT2D eigenvalue weighted by Crippen LogP contribution is -2.49. The summed E-state index contributed by atoms with van der Waals surface area (Å²) in [5.41, 5.74) is 0. The molecule has 20 heavy (non-hydrogen) atoms. The molecular formula is C14H23F2NO3. The maximum absolute atomic E-state index is 13.1. The maximum atomic E-state index is 13.1. The highest BCUT2D eigenvalue weighted by Crippen LogP contribution is 2.36. The molecule has 1 amide bonds. The number of aliphatic hydroxyl groups excluding tert-OH is 2. The van der Waals surface area contributed by atoms with Crippen molar-refractivity contribution in [3.63, 3.8) is 0 Å². The Hall–Kier alpha value is -0.750. The predicted octanol–water partition coefficient (Wildman–Crippen LogP) is 1.59. The second-order valence-electron chi connectivity index (χ2n) is 6.09. The van der Waals surface area contributed by atoms with E-state index in [1.54, 1.807) is 0 Å². The summed E-state index contributed by atoms with van der Waals surface area (Å²) in [5.74, 6) is -3.31. The van der Waals surface area contributed by atoms with E-state index < -0.39 is 30.1 Å². The third-order valence-corrected chi connectivity index (χ3v) is 4.49. The van der Waals surface area contributed by atoms with E-state index in [-0.39, 0.29) is 31.6 Å². The van der Waals surface area contributed by atoms with Crippen LogP contribution >= 0.6 is 0 Å². The molecule has 6 heteroatoms. The average Bonchev–Trinajstić information content (AvgIpc) is 2.54. The molecule has 2 saturated carbocycles. The minimum atomic E-state index is -2.64. The number of alkyl halides is 2. The third kappa shape index (κ3) is 3.88. The molecule has 0 saturated heterocycles. The SMILES string of the molecule is O=C(N[C@@H]1CCCC[C@@H](O)[C@@H]1O)C1CCC(F)(F)CC1. The van der Waals surface area contributed by atoms with Crippen molar-refractivity contribution in [2.24, 2.45) is 5.92 Å². The van der Waals surface area contributed by atoms with Gasteiger partial charge in [-0.1, -0.05) is 12.8 Å². The van der Waals surface area contributed by atoms with E-state index >= 15 is 0 Å². The molecule has 0 aromatic heterocycles. The van der Waals surface area contributed by atoms with Gasteiger partial charge in [0.2, 0.25) is 11.8 Å². The Morgan fingerprint density at radius 3 is 2.30 bits per heavy atom. The van der Waals surface area contributed by atoms with E-state index in [1.807, 2.05) is 0 Å². The molecule has 2 fully saturated rings. The minimum Gasteiger partial charge on any atom is -0.390 e. The van der Waals surface area contributed by atoms with Gasteiger partial charge in [0.15, 0.2) is 0 Å². The Kier molecular flexibility index (Phi) is 4.96. The van der Waals surface area contributed by atoms with E-state index in [0.717, 1.165) is 12.8 Å². The molecule has 4 nitrogen and oxygen atoms in total. The van der Waals surface area contributed by atoms with Crippen LogP contribution in [0.2, 0.25) is 0 Å². The van der Waals surface area contributed by atoms with E-state index in [1.165, 1.54) is 0 Å². The molecular weight excluding hydrogens is 268 g/mol. The monoisotopic (exact) mass is 291 g/mol. The topological polar surface area (TPSA) is 69.6 Å².